The smallest absolute Gasteiger partial charge is 0.245 e. The molecule has 4 aromatic rings. The Morgan fingerprint density at radius 3 is 2.42 bits per heavy atom. The standard InChI is InChI=1S/C30H34N4O3S/c1-21(2)23-12-14-25(15-13-23)30-26-10-7-17-32(26)18-19-33(30)28(35)20-34(22(3)4)38(36,37)27-11-5-8-24-9-6-16-31-29(24)27/h5-17,21-22,30H,18-20H2,1-4H3. The molecule has 0 saturated carbocycles. The molecular formula is C30H34N4O3S. The van der Waals surface area contributed by atoms with Crippen LogP contribution in [-0.4, -0.2) is 52.2 Å². The number of nitrogens with zero attached hydrogens (tertiary/aromatic N) is 4. The van der Waals surface area contributed by atoms with E-state index in [0.29, 0.717) is 24.5 Å². The molecular weight excluding hydrogens is 496 g/mol. The number of fused-ring (bicyclic) bond motifs is 2. The summed E-state index contributed by atoms with van der Waals surface area (Å²) in [5, 5.41) is 0.741. The molecule has 198 valence electrons. The van der Waals surface area contributed by atoms with Crippen LogP contribution in [0, 0.1) is 0 Å². The number of amides is 1. The van der Waals surface area contributed by atoms with E-state index in [0.717, 1.165) is 16.6 Å². The highest BCUT2D eigenvalue weighted by Crippen LogP contribution is 2.34. The Bertz CT molecular complexity index is 1550. The molecule has 0 bridgehead atoms. The van der Waals surface area contributed by atoms with Crippen LogP contribution in [0.3, 0.4) is 0 Å². The van der Waals surface area contributed by atoms with Crippen molar-refractivity contribution < 1.29 is 13.2 Å². The maximum Gasteiger partial charge on any atom is 0.245 e. The fourth-order valence-corrected chi connectivity index (χ4v) is 7.00. The zero-order valence-corrected chi connectivity index (χ0v) is 23.1. The van der Waals surface area contributed by atoms with Crippen LogP contribution in [0.15, 0.2) is 84.0 Å². The Balaban J connectivity index is 1.49. The summed E-state index contributed by atoms with van der Waals surface area (Å²) in [6.07, 6.45) is 3.62. The van der Waals surface area contributed by atoms with E-state index in [-0.39, 0.29) is 23.4 Å². The molecule has 0 radical (unpaired) electrons. The van der Waals surface area contributed by atoms with Crippen LogP contribution < -0.4 is 0 Å². The predicted molar refractivity (Wildman–Crippen MR) is 149 cm³/mol. The number of para-hydroxylation sites is 1. The SMILES string of the molecule is CC(C)c1ccc(C2c3cccn3CCN2C(=O)CN(C(C)C)S(=O)(=O)c2cccc3cccnc23)cc1. The van der Waals surface area contributed by atoms with Crippen molar-refractivity contribution in [2.75, 3.05) is 13.1 Å². The second-order valence-electron chi connectivity index (χ2n) is 10.4. The molecule has 0 fully saturated rings. The average molecular weight is 531 g/mol. The van der Waals surface area contributed by atoms with Gasteiger partial charge in [-0.1, -0.05) is 56.3 Å². The molecule has 8 heteroatoms. The van der Waals surface area contributed by atoms with Crippen molar-refractivity contribution in [3.05, 3.63) is 95.9 Å². The highest BCUT2D eigenvalue weighted by atomic mass is 32.2. The van der Waals surface area contributed by atoms with Crippen LogP contribution in [0.2, 0.25) is 0 Å². The van der Waals surface area contributed by atoms with E-state index in [2.05, 4.69) is 47.7 Å². The first-order valence-corrected chi connectivity index (χ1v) is 14.5. The molecule has 0 aliphatic carbocycles. The van der Waals surface area contributed by atoms with Crippen LogP contribution in [0.25, 0.3) is 10.9 Å². The molecule has 7 nitrogen and oxygen atoms in total. The van der Waals surface area contributed by atoms with Crippen LogP contribution >= 0.6 is 0 Å². The third kappa shape index (κ3) is 4.74. The van der Waals surface area contributed by atoms with Crippen molar-refractivity contribution in [2.45, 2.75) is 57.1 Å². The number of hydrogen-bond donors (Lipinski definition) is 0. The molecule has 3 heterocycles. The normalized spacial score (nSPS) is 16.0. The van der Waals surface area contributed by atoms with Gasteiger partial charge in [0.1, 0.15) is 4.90 Å². The maximum atomic E-state index is 13.9. The van der Waals surface area contributed by atoms with Gasteiger partial charge in [-0.2, -0.15) is 4.31 Å². The van der Waals surface area contributed by atoms with Crippen molar-refractivity contribution in [1.82, 2.24) is 18.8 Å². The second kappa shape index (κ2) is 10.3. The molecule has 0 N–H and O–H groups in total. The van der Waals surface area contributed by atoms with E-state index in [4.69, 9.17) is 0 Å². The van der Waals surface area contributed by atoms with Crippen molar-refractivity contribution in [1.29, 1.82) is 0 Å². The Morgan fingerprint density at radius 2 is 1.71 bits per heavy atom. The van der Waals surface area contributed by atoms with Gasteiger partial charge in [0, 0.05) is 42.6 Å². The summed E-state index contributed by atoms with van der Waals surface area (Å²) in [6.45, 7) is 8.82. The van der Waals surface area contributed by atoms with Gasteiger partial charge in [-0.25, -0.2) is 8.42 Å². The van der Waals surface area contributed by atoms with E-state index in [1.807, 2.05) is 35.4 Å². The van der Waals surface area contributed by atoms with Crippen LogP contribution in [0.5, 0.6) is 0 Å². The summed E-state index contributed by atoms with van der Waals surface area (Å²) in [6, 6.07) is 20.5. The first kappa shape index (κ1) is 26.1. The summed E-state index contributed by atoms with van der Waals surface area (Å²) in [5.41, 5.74) is 3.68. The largest absolute Gasteiger partial charge is 0.348 e. The average Bonchev–Trinajstić information content (AvgIpc) is 3.39. The van der Waals surface area contributed by atoms with Gasteiger partial charge in [0.05, 0.1) is 18.1 Å². The quantitative estimate of drug-likeness (QED) is 0.330. The summed E-state index contributed by atoms with van der Waals surface area (Å²) in [4.78, 5) is 20.2. The number of carbonyl (C=O) groups is 1. The lowest BCUT2D eigenvalue weighted by atomic mass is 9.95. The van der Waals surface area contributed by atoms with Crippen LogP contribution in [0.4, 0.5) is 0 Å². The zero-order valence-electron chi connectivity index (χ0n) is 22.3. The molecule has 1 aliphatic heterocycles. The molecule has 0 saturated heterocycles. The van der Waals surface area contributed by atoms with E-state index >= 15 is 0 Å². The van der Waals surface area contributed by atoms with E-state index in [1.54, 1.807) is 38.2 Å². The number of sulfonamides is 1. The minimum atomic E-state index is -3.99. The Labute approximate surface area is 224 Å². The number of rotatable bonds is 7. The van der Waals surface area contributed by atoms with Crippen molar-refractivity contribution in [3.8, 4) is 0 Å². The molecule has 2 aromatic carbocycles. The van der Waals surface area contributed by atoms with Gasteiger partial charge < -0.3 is 9.47 Å². The number of benzene rings is 2. The van der Waals surface area contributed by atoms with Gasteiger partial charge in [0.25, 0.3) is 0 Å². The van der Waals surface area contributed by atoms with Gasteiger partial charge >= 0.3 is 0 Å². The first-order chi connectivity index (χ1) is 18.2. The highest BCUT2D eigenvalue weighted by molar-refractivity contribution is 7.89. The lowest BCUT2D eigenvalue weighted by Crippen LogP contribution is -2.49. The lowest BCUT2D eigenvalue weighted by Gasteiger charge is -2.39. The number of pyridine rings is 1. The van der Waals surface area contributed by atoms with E-state index in [1.165, 1.54) is 9.87 Å². The van der Waals surface area contributed by atoms with Gasteiger partial charge in [0.15, 0.2) is 0 Å². The molecule has 0 spiro atoms. The second-order valence-corrected chi connectivity index (χ2v) is 12.3. The Morgan fingerprint density at radius 1 is 0.974 bits per heavy atom. The lowest BCUT2D eigenvalue weighted by molar-refractivity contribution is -0.134. The fraction of sp³-hybridized carbons (Fsp3) is 0.333. The van der Waals surface area contributed by atoms with Gasteiger partial charge in [-0.15, -0.1) is 0 Å². The minimum absolute atomic E-state index is 0.116. The van der Waals surface area contributed by atoms with Gasteiger partial charge in [0.2, 0.25) is 15.9 Å². The van der Waals surface area contributed by atoms with Crippen LogP contribution in [-0.2, 0) is 21.4 Å². The van der Waals surface area contributed by atoms with Crippen LogP contribution in [0.1, 0.15) is 56.5 Å². The minimum Gasteiger partial charge on any atom is -0.348 e. The number of carbonyl (C=O) groups excluding carboxylic acids is 1. The summed E-state index contributed by atoms with van der Waals surface area (Å²) in [7, 11) is -3.99. The van der Waals surface area contributed by atoms with E-state index < -0.39 is 16.1 Å². The molecule has 5 rings (SSSR count). The molecule has 38 heavy (non-hydrogen) atoms. The number of aromatic nitrogens is 2. The molecule has 1 unspecified atom stereocenters. The van der Waals surface area contributed by atoms with Gasteiger partial charge in [-0.05, 0) is 55.2 Å². The zero-order chi connectivity index (χ0) is 27.0. The molecule has 1 atom stereocenters. The molecule has 1 aliphatic rings. The monoisotopic (exact) mass is 530 g/mol. The molecule has 1 amide bonds. The third-order valence-corrected chi connectivity index (χ3v) is 9.38. The van der Waals surface area contributed by atoms with Crippen molar-refractivity contribution in [3.63, 3.8) is 0 Å². The fourth-order valence-electron chi connectivity index (χ4n) is 5.25. The Kier molecular flexibility index (Phi) is 7.11. The maximum absolute atomic E-state index is 13.9. The third-order valence-electron chi connectivity index (χ3n) is 7.33. The van der Waals surface area contributed by atoms with Gasteiger partial charge in [-0.3, -0.25) is 9.78 Å². The summed E-state index contributed by atoms with van der Waals surface area (Å²) in [5.74, 6) is 0.186. The predicted octanol–water partition coefficient (Wildman–Crippen LogP) is 5.19. The summed E-state index contributed by atoms with van der Waals surface area (Å²) >= 11 is 0. The van der Waals surface area contributed by atoms with E-state index in [9.17, 15) is 13.2 Å². The highest BCUT2D eigenvalue weighted by Gasteiger charge is 2.36. The van der Waals surface area contributed by atoms with Crippen molar-refractivity contribution >= 4 is 26.8 Å². The topological polar surface area (TPSA) is 75.5 Å². The Hall–Kier alpha value is -3.49. The first-order valence-electron chi connectivity index (χ1n) is 13.1. The summed E-state index contributed by atoms with van der Waals surface area (Å²) < 4.78 is 31.3. The molecule has 2 aromatic heterocycles. The number of hydrogen-bond acceptors (Lipinski definition) is 4. The van der Waals surface area contributed by atoms with Crippen molar-refractivity contribution in [2.24, 2.45) is 0 Å².